The Morgan fingerprint density at radius 1 is 1.00 bits per heavy atom. The second-order valence-corrected chi connectivity index (χ2v) is 4.41. The molecule has 0 radical (unpaired) electrons. The van der Waals surface area contributed by atoms with Crippen molar-refractivity contribution in [2.45, 2.75) is 19.6 Å². The summed E-state index contributed by atoms with van der Waals surface area (Å²) < 4.78 is 39.1. The van der Waals surface area contributed by atoms with Gasteiger partial charge in [0.1, 0.15) is 0 Å². The van der Waals surface area contributed by atoms with E-state index in [0.717, 1.165) is 11.6 Å². The van der Waals surface area contributed by atoms with Crippen molar-refractivity contribution in [1.29, 1.82) is 0 Å². The third-order valence-electron chi connectivity index (χ3n) is 3.01. The van der Waals surface area contributed by atoms with Crippen LogP contribution in [0.2, 0.25) is 0 Å². The summed E-state index contributed by atoms with van der Waals surface area (Å²) in [6.07, 6.45) is -4.37. The number of hydrogen-bond acceptors (Lipinski definition) is 1. The molecule has 0 aliphatic heterocycles. The number of hydrogen-bond donors (Lipinski definition) is 1. The van der Waals surface area contributed by atoms with Crippen LogP contribution in [0.15, 0.2) is 42.5 Å². The molecule has 1 nitrogen and oxygen atoms in total. The number of nitrogens with two attached hydrogens (primary N) is 1. The van der Waals surface area contributed by atoms with Crippen LogP contribution in [-0.4, -0.2) is 0 Å². The lowest BCUT2D eigenvalue weighted by Gasteiger charge is -2.15. The maximum Gasteiger partial charge on any atom is 0.417 e. The summed E-state index contributed by atoms with van der Waals surface area (Å²) >= 11 is 0. The van der Waals surface area contributed by atoms with E-state index >= 15 is 0 Å². The quantitative estimate of drug-likeness (QED) is 0.867. The number of aryl methyl sites for hydroxylation is 1. The fourth-order valence-electron chi connectivity index (χ4n) is 2.08. The lowest BCUT2D eigenvalue weighted by molar-refractivity contribution is -0.137. The lowest BCUT2D eigenvalue weighted by atomic mass is 9.93. The molecule has 0 amide bonds. The molecule has 0 aromatic heterocycles. The van der Waals surface area contributed by atoms with E-state index in [2.05, 4.69) is 0 Å². The first-order valence-electron chi connectivity index (χ1n) is 5.89. The van der Waals surface area contributed by atoms with Crippen molar-refractivity contribution >= 4 is 0 Å². The molecule has 0 spiro atoms. The molecule has 0 aliphatic rings. The largest absolute Gasteiger partial charge is 0.417 e. The van der Waals surface area contributed by atoms with E-state index in [1.165, 1.54) is 12.1 Å². The average Bonchev–Trinajstić information content (AvgIpc) is 2.37. The van der Waals surface area contributed by atoms with E-state index in [1.807, 2.05) is 13.0 Å². The first kappa shape index (κ1) is 13.6. The fourth-order valence-corrected chi connectivity index (χ4v) is 2.08. The normalized spacial score (nSPS) is 11.6. The maximum atomic E-state index is 13.0. The highest BCUT2D eigenvalue weighted by Crippen LogP contribution is 2.38. The zero-order valence-corrected chi connectivity index (χ0v) is 10.5. The average molecular weight is 265 g/mol. The Kier molecular flexibility index (Phi) is 3.62. The van der Waals surface area contributed by atoms with E-state index in [4.69, 9.17) is 5.73 Å². The van der Waals surface area contributed by atoms with Crippen LogP contribution in [0.4, 0.5) is 13.2 Å². The Labute approximate surface area is 109 Å². The van der Waals surface area contributed by atoms with Crippen LogP contribution in [0.5, 0.6) is 0 Å². The standard InChI is InChI=1S/C15H14F3N/c1-10-6-7-11(9-19)13(8-10)12-4-2-3-5-14(12)15(16,17)18/h2-8H,9,19H2,1H3. The SMILES string of the molecule is Cc1ccc(CN)c(-c2ccccc2C(F)(F)F)c1. The summed E-state index contributed by atoms with van der Waals surface area (Å²) in [4.78, 5) is 0. The summed E-state index contributed by atoms with van der Waals surface area (Å²) in [6, 6.07) is 10.9. The maximum absolute atomic E-state index is 13.0. The number of benzene rings is 2. The molecule has 0 unspecified atom stereocenters. The molecule has 2 aromatic rings. The third kappa shape index (κ3) is 2.79. The highest BCUT2D eigenvalue weighted by molar-refractivity contribution is 5.72. The molecular formula is C15H14F3N. The van der Waals surface area contributed by atoms with Crippen LogP contribution in [-0.2, 0) is 12.7 Å². The summed E-state index contributed by atoms with van der Waals surface area (Å²) in [6.45, 7) is 2.06. The zero-order chi connectivity index (χ0) is 14.0. The molecular weight excluding hydrogens is 251 g/mol. The van der Waals surface area contributed by atoms with Crippen molar-refractivity contribution in [3.63, 3.8) is 0 Å². The molecule has 100 valence electrons. The van der Waals surface area contributed by atoms with Gasteiger partial charge in [-0.05, 0) is 29.7 Å². The molecule has 0 saturated carbocycles. The molecule has 2 rings (SSSR count). The number of halogens is 3. The highest BCUT2D eigenvalue weighted by Gasteiger charge is 2.33. The Morgan fingerprint density at radius 3 is 2.32 bits per heavy atom. The van der Waals surface area contributed by atoms with E-state index in [-0.39, 0.29) is 12.1 Å². The Bertz CT molecular complexity index is 588. The van der Waals surface area contributed by atoms with Gasteiger partial charge in [0.15, 0.2) is 0 Å². The zero-order valence-electron chi connectivity index (χ0n) is 10.5. The fraction of sp³-hybridized carbons (Fsp3) is 0.200. The molecule has 0 bridgehead atoms. The monoisotopic (exact) mass is 265 g/mol. The van der Waals surface area contributed by atoms with Gasteiger partial charge in [-0.15, -0.1) is 0 Å². The van der Waals surface area contributed by atoms with Crippen molar-refractivity contribution < 1.29 is 13.2 Å². The highest BCUT2D eigenvalue weighted by atomic mass is 19.4. The molecule has 0 fully saturated rings. The topological polar surface area (TPSA) is 26.0 Å². The van der Waals surface area contributed by atoms with Crippen molar-refractivity contribution in [3.8, 4) is 11.1 Å². The van der Waals surface area contributed by atoms with Crippen molar-refractivity contribution in [2.24, 2.45) is 5.73 Å². The predicted molar refractivity (Wildman–Crippen MR) is 69.5 cm³/mol. The molecule has 0 saturated heterocycles. The van der Waals surface area contributed by atoms with Gasteiger partial charge in [0.05, 0.1) is 5.56 Å². The van der Waals surface area contributed by atoms with E-state index in [9.17, 15) is 13.2 Å². The van der Waals surface area contributed by atoms with Crippen molar-refractivity contribution in [2.75, 3.05) is 0 Å². The molecule has 19 heavy (non-hydrogen) atoms. The lowest BCUT2D eigenvalue weighted by Crippen LogP contribution is -2.08. The second kappa shape index (κ2) is 5.05. The molecule has 2 aromatic carbocycles. The minimum absolute atomic E-state index is 0.180. The third-order valence-corrected chi connectivity index (χ3v) is 3.01. The second-order valence-electron chi connectivity index (χ2n) is 4.41. The van der Waals surface area contributed by atoms with Gasteiger partial charge in [-0.3, -0.25) is 0 Å². The summed E-state index contributed by atoms with van der Waals surface area (Å²) in [5.74, 6) is 0. The van der Waals surface area contributed by atoms with Crippen LogP contribution in [0.3, 0.4) is 0 Å². The van der Waals surface area contributed by atoms with Gasteiger partial charge in [-0.25, -0.2) is 0 Å². The van der Waals surface area contributed by atoms with Crippen LogP contribution < -0.4 is 5.73 Å². The molecule has 4 heteroatoms. The number of rotatable bonds is 2. The minimum atomic E-state index is -4.37. The Balaban J connectivity index is 2.69. The molecule has 0 heterocycles. The van der Waals surface area contributed by atoms with E-state index in [0.29, 0.717) is 11.1 Å². The summed E-state index contributed by atoms with van der Waals surface area (Å²) in [5, 5.41) is 0. The van der Waals surface area contributed by atoms with Gasteiger partial charge in [-0.1, -0.05) is 42.0 Å². The Morgan fingerprint density at radius 2 is 1.68 bits per heavy atom. The molecule has 0 aliphatic carbocycles. The van der Waals surface area contributed by atoms with Gasteiger partial charge in [-0.2, -0.15) is 13.2 Å². The summed E-state index contributed by atoms with van der Waals surface area (Å²) in [5.41, 5.74) is 7.33. The van der Waals surface area contributed by atoms with Crippen molar-refractivity contribution in [1.82, 2.24) is 0 Å². The molecule has 2 N–H and O–H groups in total. The van der Waals surface area contributed by atoms with Gasteiger partial charge < -0.3 is 5.73 Å². The van der Waals surface area contributed by atoms with Crippen LogP contribution >= 0.6 is 0 Å². The minimum Gasteiger partial charge on any atom is -0.326 e. The van der Waals surface area contributed by atoms with Gasteiger partial charge >= 0.3 is 6.18 Å². The first-order valence-corrected chi connectivity index (χ1v) is 5.89. The van der Waals surface area contributed by atoms with Gasteiger partial charge in [0.25, 0.3) is 0 Å². The van der Waals surface area contributed by atoms with Gasteiger partial charge in [0.2, 0.25) is 0 Å². The first-order chi connectivity index (χ1) is 8.93. The van der Waals surface area contributed by atoms with Crippen molar-refractivity contribution in [3.05, 3.63) is 59.2 Å². The van der Waals surface area contributed by atoms with Crippen LogP contribution in [0.25, 0.3) is 11.1 Å². The van der Waals surface area contributed by atoms with E-state index in [1.54, 1.807) is 18.2 Å². The number of alkyl halides is 3. The predicted octanol–water partition coefficient (Wildman–Crippen LogP) is 4.14. The van der Waals surface area contributed by atoms with Crippen LogP contribution in [0.1, 0.15) is 16.7 Å². The Hall–Kier alpha value is -1.81. The smallest absolute Gasteiger partial charge is 0.326 e. The van der Waals surface area contributed by atoms with E-state index < -0.39 is 11.7 Å². The van der Waals surface area contributed by atoms with Crippen LogP contribution in [0, 0.1) is 6.92 Å². The van der Waals surface area contributed by atoms with Gasteiger partial charge in [0, 0.05) is 6.54 Å². The summed E-state index contributed by atoms with van der Waals surface area (Å²) in [7, 11) is 0. The molecule has 0 atom stereocenters.